The second-order valence-corrected chi connectivity index (χ2v) is 9.93. The van der Waals surface area contributed by atoms with E-state index in [2.05, 4.69) is 15.6 Å². The Morgan fingerprint density at radius 2 is 1.76 bits per heavy atom. The van der Waals surface area contributed by atoms with Crippen LogP contribution in [0.25, 0.3) is 5.65 Å². The Bertz CT molecular complexity index is 1360. The molecule has 0 spiro atoms. The van der Waals surface area contributed by atoms with Crippen molar-refractivity contribution in [1.29, 1.82) is 0 Å². The van der Waals surface area contributed by atoms with Gasteiger partial charge in [-0.25, -0.2) is 14.6 Å². The average molecular weight is 599 g/mol. The maximum atomic E-state index is 13.3. The fraction of sp³-hybridized carbons (Fsp3) is 0.407. The van der Waals surface area contributed by atoms with Crippen molar-refractivity contribution in [3.63, 3.8) is 0 Å². The predicted molar refractivity (Wildman–Crippen MR) is 143 cm³/mol. The van der Waals surface area contributed by atoms with Crippen molar-refractivity contribution in [1.82, 2.24) is 20.0 Å². The minimum atomic E-state index is -5.08. The number of carbonyl (C=O) groups excluding carboxylic acids is 1. The highest BCUT2D eigenvalue weighted by Gasteiger charge is 2.38. The molecule has 4 N–H and O–H groups in total. The van der Waals surface area contributed by atoms with E-state index in [0.29, 0.717) is 40.3 Å². The number of carbonyl (C=O) groups is 3. The number of hydrogen-bond acceptors (Lipinski definition) is 5. The quantitative estimate of drug-likeness (QED) is 0.263. The number of amides is 2. The van der Waals surface area contributed by atoms with Crippen LogP contribution in [-0.2, 0) is 4.79 Å². The second-order valence-electron chi connectivity index (χ2n) is 9.49. The molecule has 0 radical (unpaired) electrons. The summed E-state index contributed by atoms with van der Waals surface area (Å²) in [5, 5.41) is 22.0. The lowest BCUT2D eigenvalue weighted by Crippen LogP contribution is -2.38. The predicted octanol–water partition coefficient (Wildman–Crippen LogP) is 5.63. The highest BCUT2D eigenvalue weighted by Crippen LogP contribution is 2.27. The van der Waals surface area contributed by atoms with Gasteiger partial charge in [-0.2, -0.15) is 13.2 Å². The first-order valence-corrected chi connectivity index (χ1v) is 13.2. The summed E-state index contributed by atoms with van der Waals surface area (Å²) >= 11 is 5.99. The number of alkyl halides is 3. The molecule has 1 aliphatic rings. The molecule has 41 heavy (non-hydrogen) atoms. The summed E-state index contributed by atoms with van der Waals surface area (Å²) in [7, 11) is 0. The third kappa shape index (κ3) is 9.00. The maximum absolute atomic E-state index is 13.3. The molecule has 1 unspecified atom stereocenters. The number of aromatic nitrogens is 2. The normalized spacial score (nSPS) is 14.5. The van der Waals surface area contributed by atoms with E-state index in [1.54, 1.807) is 41.8 Å². The SMILES string of the molecule is Cc1nc2c(OCC3CCCCC3)cccn2c1C(=O)NC(CNC(=O)O)c1ccc(Cl)cc1.O=C(O)C(F)(F)F. The Kier molecular flexibility index (Phi) is 10.8. The van der Waals surface area contributed by atoms with Crippen LogP contribution < -0.4 is 15.4 Å². The molecule has 222 valence electrons. The lowest BCUT2D eigenvalue weighted by Gasteiger charge is -2.21. The minimum Gasteiger partial charge on any atom is -0.489 e. The van der Waals surface area contributed by atoms with Crippen molar-refractivity contribution in [3.8, 4) is 5.75 Å². The van der Waals surface area contributed by atoms with Gasteiger partial charge in [0.15, 0.2) is 11.4 Å². The summed E-state index contributed by atoms with van der Waals surface area (Å²) in [6.45, 7) is 2.43. The highest BCUT2D eigenvalue weighted by molar-refractivity contribution is 6.30. The van der Waals surface area contributed by atoms with Crippen LogP contribution >= 0.6 is 11.6 Å². The van der Waals surface area contributed by atoms with Gasteiger partial charge in [0, 0.05) is 17.8 Å². The molecule has 0 bridgehead atoms. The molecule has 1 aromatic carbocycles. The first-order valence-electron chi connectivity index (χ1n) is 12.8. The number of benzene rings is 1. The van der Waals surface area contributed by atoms with Crippen LogP contribution in [0.3, 0.4) is 0 Å². The van der Waals surface area contributed by atoms with E-state index >= 15 is 0 Å². The molecule has 10 nitrogen and oxygen atoms in total. The number of ether oxygens (including phenoxy) is 1. The number of halogens is 4. The van der Waals surface area contributed by atoms with E-state index in [1.165, 1.54) is 32.1 Å². The minimum absolute atomic E-state index is 0.00817. The van der Waals surface area contributed by atoms with Crippen LogP contribution in [0, 0.1) is 12.8 Å². The smallest absolute Gasteiger partial charge is 0.489 e. The van der Waals surface area contributed by atoms with Crippen molar-refractivity contribution in [2.45, 2.75) is 51.2 Å². The number of rotatable bonds is 8. The van der Waals surface area contributed by atoms with E-state index in [9.17, 15) is 22.8 Å². The fourth-order valence-electron chi connectivity index (χ4n) is 4.47. The number of aliphatic carboxylic acids is 1. The first-order chi connectivity index (χ1) is 19.4. The van der Waals surface area contributed by atoms with Gasteiger partial charge >= 0.3 is 18.2 Å². The lowest BCUT2D eigenvalue weighted by atomic mass is 9.90. The Balaban J connectivity index is 0.000000587. The molecule has 1 saturated carbocycles. The van der Waals surface area contributed by atoms with Gasteiger partial charge in [-0.15, -0.1) is 0 Å². The summed E-state index contributed by atoms with van der Waals surface area (Å²) in [4.78, 5) is 37.9. The molecule has 0 saturated heterocycles. The zero-order valence-corrected chi connectivity index (χ0v) is 22.8. The maximum Gasteiger partial charge on any atom is 0.490 e. The molecule has 3 aromatic rings. The molecule has 2 heterocycles. The summed E-state index contributed by atoms with van der Waals surface area (Å²) in [6, 6.07) is 10.0. The molecule has 14 heteroatoms. The van der Waals surface area contributed by atoms with Gasteiger partial charge in [0.05, 0.1) is 18.3 Å². The van der Waals surface area contributed by atoms with Gasteiger partial charge in [-0.3, -0.25) is 9.20 Å². The first kappa shape index (κ1) is 31.5. The van der Waals surface area contributed by atoms with Crippen LogP contribution in [0.4, 0.5) is 18.0 Å². The number of nitrogens with one attached hydrogen (secondary N) is 2. The van der Waals surface area contributed by atoms with E-state index in [0.717, 1.165) is 5.56 Å². The number of carboxylic acids is 1. The number of carboxylic acid groups (broad SMARTS) is 2. The summed E-state index contributed by atoms with van der Waals surface area (Å²) in [6.07, 6.45) is 1.68. The molecule has 1 atom stereocenters. The molecule has 0 aliphatic heterocycles. The number of fused-ring (bicyclic) bond motifs is 1. The number of hydrogen-bond donors (Lipinski definition) is 4. The standard InChI is InChI=1S/C25H29ClN4O4.C2HF3O2/c1-16-22(24(31)29-20(14-27-25(32)33)18-9-11-19(26)12-10-18)30-13-5-8-21(23(30)28-16)34-15-17-6-3-2-4-7-17;3-2(4,5)1(6)7/h5,8-13,17,20,27H,2-4,6-7,14-15H2,1H3,(H,29,31)(H,32,33);(H,6,7). The summed E-state index contributed by atoms with van der Waals surface area (Å²) in [5.41, 5.74) is 2.27. The molecule has 1 fully saturated rings. The Morgan fingerprint density at radius 1 is 1.12 bits per heavy atom. The summed E-state index contributed by atoms with van der Waals surface area (Å²) in [5.74, 6) is -1.92. The van der Waals surface area contributed by atoms with Crippen LogP contribution in [-0.4, -0.2) is 56.9 Å². The molecular formula is C27H30ClF3N4O6. The zero-order chi connectivity index (χ0) is 30.2. The summed E-state index contributed by atoms with van der Waals surface area (Å²) < 4.78 is 39.6. The molecule has 2 amide bonds. The topological polar surface area (TPSA) is 142 Å². The van der Waals surface area contributed by atoms with Crippen molar-refractivity contribution >= 4 is 35.2 Å². The van der Waals surface area contributed by atoms with Gasteiger partial charge in [0.25, 0.3) is 5.91 Å². The Morgan fingerprint density at radius 3 is 2.34 bits per heavy atom. The molecule has 1 aliphatic carbocycles. The number of nitrogens with zero attached hydrogens (tertiary/aromatic N) is 2. The van der Waals surface area contributed by atoms with Gasteiger partial charge < -0.3 is 25.6 Å². The molecule has 2 aromatic heterocycles. The Labute approximate surface area is 238 Å². The monoisotopic (exact) mass is 598 g/mol. The Hall–Kier alpha value is -4.00. The van der Waals surface area contributed by atoms with Crippen molar-refractivity contribution in [2.75, 3.05) is 13.2 Å². The second kappa shape index (κ2) is 14.1. The van der Waals surface area contributed by atoms with E-state index in [4.69, 9.17) is 31.3 Å². The van der Waals surface area contributed by atoms with E-state index in [1.807, 2.05) is 12.1 Å². The van der Waals surface area contributed by atoms with Gasteiger partial charge in [-0.1, -0.05) is 43.0 Å². The fourth-order valence-corrected chi connectivity index (χ4v) is 4.59. The van der Waals surface area contributed by atoms with Crippen LogP contribution in [0.2, 0.25) is 5.02 Å². The number of aryl methyl sites for hydroxylation is 1. The molecular weight excluding hydrogens is 569 g/mol. The van der Waals surface area contributed by atoms with E-state index in [-0.39, 0.29) is 12.5 Å². The van der Waals surface area contributed by atoms with Gasteiger partial charge in [0.1, 0.15) is 5.69 Å². The van der Waals surface area contributed by atoms with Crippen LogP contribution in [0.1, 0.15) is 59.9 Å². The third-order valence-electron chi connectivity index (χ3n) is 6.48. The third-order valence-corrected chi connectivity index (χ3v) is 6.73. The largest absolute Gasteiger partial charge is 0.490 e. The van der Waals surface area contributed by atoms with Crippen LogP contribution in [0.5, 0.6) is 5.75 Å². The highest BCUT2D eigenvalue weighted by atomic mass is 35.5. The molecule has 4 rings (SSSR count). The van der Waals surface area contributed by atoms with Gasteiger partial charge in [0.2, 0.25) is 0 Å². The van der Waals surface area contributed by atoms with Crippen LogP contribution in [0.15, 0.2) is 42.6 Å². The number of pyridine rings is 1. The van der Waals surface area contributed by atoms with E-state index < -0.39 is 24.3 Å². The van der Waals surface area contributed by atoms with Gasteiger partial charge in [-0.05, 0) is 55.5 Å². The average Bonchev–Trinajstić information content (AvgIpc) is 3.27. The van der Waals surface area contributed by atoms with Crippen molar-refractivity contribution < 1.29 is 42.5 Å². The van der Waals surface area contributed by atoms with Crippen molar-refractivity contribution in [3.05, 3.63) is 64.6 Å². The lowest BCUT2D eigenvalue weighted by molar-refractivity contribution is -0.192. The number of imidazole rings is 1. The van der Waals surface area contributed by atoms with Crippen molar-refractivity contribution in [2.24, 2.45) is 5.92 Å². The zero-order valence-electron chi connectivity index (χ0n) is 22.1.